The number of aliphatic carboxylic acids is 1. The lowest BCUT2D eigenvalue weighted by Crippen LogP contribution is -2.19. The van der Waals surface area contributed by atoms with E-state index in [1.165, 1.54) is 0 Å². The molecule has 0 unspecified atom stereocenters. The topological polar surface area (TPSA) is 75.6 Å². The number of nitrogens with one attached hydrogen (secondary N) is 1. The fourth-order valence-corrected chi connectivity index (χ4v) is 1.59. The average Bonchev–Trinajstić information content (AvgIpc) is 2.25. The highest BCUT2D eigenvalue weighted by molar-refractivity contribution is 5.94. The number of ether oxygens (including phenoxy) is 1. The summed E-state index contributed by atoms with van der Waals surface area (Å²) in [6.45, 7) is -0.382. The number of fused-ring (bicyclic) bond motifs is 1. The number of anilines is 1. The average molecular weight is 221 g/mol. The van der Waals surface area contributed by atoms with Gasteiger partial charge in [0.15, 0.2) is 6.61 Å². The zero-order valence-corrected chi connectivity index (χ0v) is 8.53. The highest BCUT2D eigenvalue weighted by Crippen LogP contribution is 2.26. The molecule has 0 saturated heterocycles. The Morgan fingerprint density at radius 2 is 2.25 bits per heavy atom. The second kappa shape index (κ2) is 4.22. The Balaban J connectivity index is 2.14. The number of hydrogen-bond acceptors (Lipinski definition) is 3. The van der Waals surface area contributed by atoms with Gasteiger partial charge in [-0.3, -0.25) is 4.79 Å². The summed E-state index contributed by atoms with van der Waals surface area (Å²) in [6, 6.07) is 5.19. The van der Waals surface area contributed by atoms with Crippen molar-refractivity contribution in [3.63, 3.8) is 0 Å². The van der Waals surface area contributed by atoms with E-state index in [0.717, 1.165) is 5.56 Å². The first-order valence-corrected chi connectivity index (χ1v) is 4.92. The number of carboxylic acids is 1. The summed E-state index contributed by atoms with van der Waals surface area (Å²) in [7, 11) is 0. The molecule has 1 aliphatic rings. The van der Waals surface area contributed by atoms with E-state index in [4.69, 9.17) is 9.84 Å². The summed E-state index contributed by atoms with van der Waals surface area (Å²) in [5, 5.41) is 11.2. The number of carboxylic acid groups (broad SMARTS) is 1. The Hall–Kier alpha value is -2.04. The number of carbonyl (C=O) groups excluding carboxylic acids is 1. The van der Waals surface area contributed by atoms with Gasteiger partial charge in [0.2, 0.25) is 5.91 Å². The molecule has 84 valence electrons. The van der Waals surface area contributed by atoms with Crippen molar-refractivity contribution in [3.05, 3.63) is 23.8 Å². The van der Waals surface area contributed by atoms with Crippen molar-refractivity contribution in [2.45, 2.75) is 12.8 Å². The summed E-state index contributed by atoms with van der Waals surface area (Å²) >= 11 is 0. The quantitative estimate of drug-likeness (QED) is 0.799. The molecule has 0 aromatic heterocycles. The number of hydrogen-bond donors (Lipinski definition) is 2. The lowest BCUT2D eigenvalue weighted by Gasteiger charge is -2.17. The molecule has 1 amide bonds. The molecule has 0 saturated carbocycles. The summed E-state index contributed by atoms with van der Waals surface area (Å²) in [4.78, 5) is 21.5. The molecule has 0 spiro atoms. The molecule has 0 atom stereocenters. The Morgan fingerprint density at radius 3 is 3.00 bits per heavy atom. The largest absolute Gasteiger partial charge is 0.482 e. The molecule has 1 aliphatic heterocycles. The molecular weight excluding hydrogens is 210 g/mol. The van der Waals surface area contributed by atoms with Crippen LogP contribution in [0.1, 0.15) is 12.0 Å². The maximum absolute atomic E-state index is 11.2. The Morgan fingerprint density at radius 1 is 1.44 bits per heavy atom. The van der Waals surface area contributed by atoms with Gasteiger partial charge < -0.3 is 15.2 Å². The SMILES string of the molecule is O=C(O)COc1ccc2c(c1)NC(=O)CC2. The minimum atomic E-state index is -1.03. The van der Waals surface area contributed by atoms with Crippen molar-refractivity contribution in [1.82, 2.24) is 0 Å². The predicted octanol–water partition coefficient (Wildman–Crippen LogP) is 1.03. The monoisotopic (exact) mass is 221 g/mol. The third-order valence-corrected chi connectivity index (χ3v) is 2.34. The fourth-order valence-electron chi connectivity index (χ4n) is 1.59. The van der Waals surface area contributed by atoms with E-state index in [2.05, 4.69) is 5.32 Å². The highest BCUT2D eigenvalue weighted by Gasteiger charge is 2.15. The van der Waals surface area contributed by atoms with Gasteiger partial charge in [0.05, 0.1) is 0 Å². The molecule has 0 fully saturated rings. The number of benzene rings is 1. The third kappa shape index (κ3) is 2.31. The van der Waals surface area contributed by atoms with Gasteiger partial charge in [-0.05, 0) is 18.1 Å². The van der Waals surface area contributed by atoms with E-state index < -0.39 is 5.97 Å². The van der Waals surface area contributed by atoms with Crippen LogP contribution in [0.3, 0.4) is 0 Å². The standard InChI is InChI=1S/C11H11NO4/c13-10-4-2-7-1-3-8(5-9(7)12-10)16-6-11(14)15/h1,3,5H,2,4,6H2,(H,12,13)(H,14,15). The van der Waals surface area contributed by atoms with Gasteiger partial charge in [0.25, 0.3) is 0 Å². The van der Waals surface area contributed by atoms with E-state index in [1.54, 1.807) is 12.1 Å². The van der Waals surface area contributed by atoms with E-state index in [1.807, 2.05) is 6.07 Å². The van der Waals surface area contributed by atoms with E-state index in [9.17, 15) is 9.59 Å². The molecule has 1 aromatic carbocycles. The van der Waals surface area contributed by atoms with Gasteiger partial charge in [-0.2, -0.15) is 0 Å². The maximum Gasteiger partial charge on any atom is 0.341 e. The van der Waals surface area contributed by atoms with Crippen LogP contribution in [0.15, 0.2) is 18.2 Å². The Bertz CT molecular complexity index is 442. The van der Waals surface area contributed by atoms with Gasteiger partial charge >= 0.3 is 5.97 Å². The first-order chi connectivity index (χ1) is 7.65. The van der Waals surface area contributed by atoms with Crippen LogP contribution in [-0.4, -0.2) is 23.6 Å². The molecule has 0 bridgehead atoms. The van der Waals surface area contributed by atoms with Crippen molar-refractivity contribution in [3.8, 4) is 5.75 Å². The third-order valence-electron chi connectivity index (χ3n) is 2.34. The smallest absolute Gasteiger partial charge is 0.341 e. The van der Waals surface area contributed by atoms with Gasteiger partial charge in [-0.25, -0.2) is 4.79 Å². The van der Waals surface area contributed by atoms with Gasteiger partial charge in [0.1, 0.15) is 5.75 Å². The number of aryl methyl sites for hydroxylation is 1. The molecule has 5 nitrogen and oxygen atoms in total. The predicted molar refractivity (Wildman–Crippen MR) is 56.5 cm³/mol. The summed E-state index contributed by atoms with van der Waals surface area (Å²) in [5.74, 6) is -0.604. The lowest BCUT2D eigenvalue weighted by atomic mass is 10.0. The molecule has 1 aromatic rings. The van der Waals surface area contributed by atoms with Crippen molar-refractivity contribution in [1.29, 1.82) is 0 Å². The van der Waals surface area contributed by atoms with Crippen molar-refractivity contribution in [2.75, 3.05) is 11.9 Å². The molecule has 2 rings (SSSR count). The van der Waals surface area contributed by atoms with Crippen LogP contribution in [-0.2, 0) is 16.0 Å². The van der Waals surface area contributed by atoms with Crippen LogP contribution in [0, 0.1) is 0 Å². The number of carbonyl (C=O) groups is 2. The molecule has 1 heterocycles. The highest BCUT2D eigenvalue weighted by atomic mass is 16.5. The Labute approximate surface area is 92.0 Å². The Kier molecular flexibility index (Phi) is 2.76. The zero-order valence-electron chi connectivity index (χ0n) is 8.53. The molecule has 5 heteroatoms. The minimum Gasteiger partial charge on any atom is -0.482 e. The van der Waals surface area contributed by atoms with E-state index in [-0.39, 0.29) is 12.5 Å². The molecular formula is C11H11NO4. The first kappa shape index (κ1) is 10.5. The maximum atomic E-state index is 11.2. The van der Waals surface area contributed by atoms with Crippen molar-refractivity contribution >= 4 is 17.6 Å². The van der Waals surface area contributed by atoms with Gasteiger partial charge in [0, 0.05) is 18.2 Å². The molecule has 0 radical (unpaired) electrons. The van der Waals surface area contributed by atoms with Gasteiger partial charge in [-0.1, -0.05) is 6.07 Å². The summed E-state index contributed by atoms with van der Waals surface area (Å²) in [6.07, 6.45) is 1.20. The van der Waals surface area contributed by atoms with Crippen LogP contribution in [0.4, 0.5) is 5.69 Å². The normalized spacial score (nSPS) is 13.9. The number of rotatable bonds is 3. The van der Waals surface area contributed by atoms with Gasteiger partial charge in [-0.15, -0.1) is 0 Å². The molecule has 16 heavy (non-hydrogen) atoms. The fraction of sp³-hybridized carbons (Fsp3) is 0.273. The van der Waals surface area contributed by atoms with E-state index >= 15 is 0 Å². The van der Waals surface area contributed by atoms with Crippen LogP contribution >= 0.6 is 0 Å². The number of amides is 1. The van der Waals surface area contributed by atoms with E-state index in [0.29, 0.717) is 24.3 Å². The first-order valence-electron chi connectivity index (χ1n) is 4.92. The summed E-state index contributed by atoms with van der Waals surface area (Å²) < 4.78 is 5.02. The van der Waals surface area contributed by atoms with Crippen LogP contribution in [0.5, 0.6) is 5.75 Å². The van der Waals surface area contributed by atoms with Crippen molar-refractivity contribution in [2.24, 2.45) is 0 Å². The minimum absolute atomic E-state index is 0.0251. The second-order valence-corrected chi connectivity index (χ2v) is 3.55. The van der Waals surface area contributed by atoms with Crippen LogP contribution in [0.2, 0.25) is 0 Å². The second-order valence-electron chi connectivity index (χ2n) is 3.55. The van der Waals surface area contributed by atoms with Crippen LogP contribution < -0.4 is 10.1 Å². The van der Waals surface area contributed by atoms with Crippen molar-refractivity contribution < 1.29 is 19.4 Å². The molecule has 0 aliphatic carbocycles. The van der Waals surface area contributed by atoms with Crippen LogP contribution in [0.25, 0.3) is 0 Å². The lowest BCUT2D eigenvalue weighted by molar-refractivity contribution is -0.139. The molecule has 2 N–H and O–H groups in total. The summed E-state index contributed by atoms with van der Waals surface area (Å²) in [5.41, 5.74) is 1.75. The zero-order chi connectivity index (χ0) is 11.5.